The van der Waals surface area contributed by atoms with Gasteiger partial charge < -0.3 is 19.1 Å². The monoisotopic (exact) mass is 273 g/mol. The maximum atomic E-state index is 12.1. The molecule has 2 fully saturated rings. The van der Waals surface area contributed by atoms with Crippen molar-refractivity contribution in [1.29, 1.82) is 0 Å². The average molecular weight is 273 g/mol. The molecule has 1 amide bonds. The second kappa shape index (κ2) is 9.28. The van der Waals surface area contributed by atoms with Gasteiger partial charge in [-0.2, -0.15) is 0 Å². The van der Waals surface area contributed by atoms with Crippen molar-refractivity contribution in [2.45, 2.75) is 52.4 Å². The molecule has 19 heavy (non-hydrogen) atoms. The van der Waals surface area contributed by atoms with E-state index in [1.807, 2.05) is 13.8 Å². The molecule has 1 unspecified atom stereocenters. The van der Waals surface area contributed by atoms with Gasteiger partial charge >= 0.3 is 0 Å². The molecule has 0 bridgehead atoms. The van der Waals surface area contributed by atoms with Crippen LogP contribution in [0.2, 0.25) is 0 Å². The Morgan fingerprint density at radius 2 is 1.89 bits per heavy atom. The predicted molar refractivity (Wildman–Crippen MR) is 72.9 cm³/mol. The van der Waals surface area contributed by atoms with Crippen molar-refractivity contribution in [2.75, 3.05) is 32.9 Å². The van der Waals surface area contributed by atoms with E-state index in [2.05, 4.69) is 0 Å². The van der Waals surface area contributed by atoms with Crippen molar-refractivity contribution in [3.63, 3.8) is 0 Å². The predicted octanol–water partition coefficient (Wildman–Crippen LogP) is 1.80. The second-order valence-electron chi connectivity index (χ2n) is 4.51. The quantitative estimate of drug-likeness (QED) is 0.787. The molecule has 2 heterocycles. The van der Waals surface area contributed by atoms with E-state index >= 15 is 0 Å². The lowest BCUT2D eigenvalue weighted by atomic mass is 10.2. The highest BCUT2D eigenvalue weighted by molar-refractivity contribution is 5.80. The van der Waals surface area contributed by atoms with E-state index in [-0.39, 0.29) is 12.2 Å². The fraction of sp³-hybridized carbons (Fsp3) is 0.929. The average Bonchev–Trinajstić information content (AvgIpc) is 2.50. The normalized spacial score (nSPS) is 25.2. The van der Waals surface area contributed by atoms with E-state index in [1.165, 1.54) is 0 Å². The Morgan fingerprint density at radius 1 is 1.21 bits per heavy atom. The molecule has 2 aliphatic heterocycles. The maximum Gasteiger partial charge on any atom is 0.251 e. The van der Waals surface area contributed by atoms with E-state index in [0.29, 0.717) is 26.3 Å². The number of hydrogen-bond acceptors (Lipinski definition) is 4. The highest BCUT2D eigenvalue weighted by Gasteiger charge is 2.26. The second-order valence-corrected chi connectivity index (χ2v) is 4.51. The van der Waals surface area contributed by atoms with Crippen LogP contribution in [0.4, 0.5) is 0 Å². The van der Waals surface area contributed by atoms with E-state index < -0.39 is 6.10 Å². The fourth-order valence-electron chi connectivity index (χ4n) is 2.15. The standard InChI is InChI=1S/C12H21NO4.C2H6/c1-10(17-11-4-2-3-7-16-11)12(14)13-5-8-15-9-6-13;1-2/h10-11H,2-9H2,1H3;1-2H3/t10-,11?;/m1./s1. The SMILES string of the molecule is CC.C[C@@H](OC1CCCCO1)C(=O)N1CCOCC1. The molecule has 2 saturated heterocycles. The van der Waals surface area contributed by atoms with Gasteiger partial charge in [0, 0.05) is 19.7 Å². The first-order valence-electron chi connectivity index (χ1n) is 7.41. The van der Waals surface area contributed by atoms with Crippen molar-refractivity contribution < 1.29 is 19.0 Å². The molecule has 5 heteroatoms. The first kappa shape index (κ1) is 16.4. The van der Waals surface area contributed by atoms with E-state index in [0.717, 1.165) is 25.9 Å². The van der Waals surface area contributed by atoms with Crippen LogP contribution in [0.1, 0.15) is 40.0 Å². The molecular formula is C14H27NO4. The topological polar surface area (TPSA) is 48.0 Å². The number of amides is 1. The van der Waals surface area contributed by atoms with E-state index in [9.17, 15) is 4.79 Å². The van der Waals surface area contributed by atoms with Gasteiger partial charge in [-0.05, 0) is 26.2 Å². The van der Waals surface area contributed by atoms with Crippen LogP contribution in [0, 0.1) is 0 Å². The molecule has 2 atom stereocenters. The van der Waals surface area contributed by atoms with E-state index in [1.54, 1.807) is 11.8 Å². The van der Waals surface area contributed by atoms with E-state index in [4.69, 9.17) is 14.2 Å². The summed E-state index contributed by atoms with van der Waals surface area (Å²) < 4.78 is 16.3. The van der Waals surface area contributed by atoms with Gasteiger partial charge in [0.15, 0.2) is 6.29 Å². The molecular weight excluding hydrogens is 246 g/mol. The Hall–Kier alpha value is -0.650. The summed E-state index contributed by atoms with van der Waals surface area (Å²) in [4.78, 5) is 13.9. The van der Waals surface area contributed by atoms with Crippen molar-refractivity contribution >= 4 is 5.91 Å². The zero-order chi connectivity index (χ0) is 14.1. The van der Waals surface area contributed by atoms with Gasteiger partial charge in [-0.1, -0.05) is 13.8 Å². The minimum atomic E-state index is -0.420. The van der Waals surface area contributed by atoms with Crippen LogP contribution in [-0.2, 0) is 19.0 Å². The number of rotatable bonds is 3. The largest absolute Gasteiger partial charge is 0.378 e. The van der Waals surface area contributed by atoms with Crippen molar-refractivity contribution in [3.8, 4) is 0 Å². The van der Waals surface area contributed by atoms with Gasteiger partial charge in [-0.15, -0.1) is 0 Å². The number of ether oxygens (including phenoxy) is 3. The van der Waals surface area contributed by atoms with Crippen LogP contribution in [0.15, 0.2) is 0 Å². The summed E-state index contributed by atoms with van der Waals surface area (Å²) in [5.41, 5.74) is 0. The minimum Gasteiger partial charge on any atom is -0.378 e. The molecule has 0 aromatic heterocycles. The first-order valence-corrected chi connectivity index (χ1v) is 7.41. The minimum absolute atomic E-state index is 0.0440. The first-order chi connectivity index (χ1) is 9.27. The molecule has 0 spiro atoms. The van der Waals surface area contributed by atoms with Crippen LogP contribution in [0.25, 0.3) is 0 Å². The van der Waals surface area contributed by atoms with Gasteiger partial charge in [0.2, 0.25) is 0 Å². The third-order valence-corrected chi connectivity index (χ3v) is 3.16. The smallest absolute Gasteiger partial charge is 0.251 e. The van der Waals surface area contributed by atoms with Crippen molar-refractivity contribution in [3.05, 3.63) is 0 Å². The number of morpholine rings is 1. The summed E-state index contributed by atoms with van der Waals surface area (Å²) in [7, 11) is 0. The van der Waals surface area contributed by atoms with Gasteiger partial charge in [0.25, 0.3) is 5.91 Å². The summed E-state index contributed by atoms with van der Waals surface area (Å²) in [6.07, 6.45) is 2.47. The number of hydrogen-bond donors (Lipinski definition) is 0. The van der Waals surface area contributed by atoms with Crippen LogP contribution in [-0.4, -0.2) is 56.1 Å². The fourth-order valence-corrected chi connectivity index (χ4v) is 2.15. The maximum absolute atomic E-state index is 12.1. The Kier molecular flexibility index (Phi) is 8.02. The van der Waals surface area contributed by atoms with Gasteiger partial charge in [-0.25, -0.2) is 0 Å². The molecule has 2 rings (SSSR count). The number of carbonyl (C=O) groups excluding carboxylic acids is 1. The Balaban J connectivity index is 0.000000861. The Labute approximate surface area is 116 Å². The highest BCUT2D eigenvalue weighted by Crippen LogP contribution is 2.16. The van der Waals surface area contributed by atoms with Crippen LogP contribution < -0.4 is 0 Å². The molecule has 0 radical (unpaired) electrons. The lowest BCUT2D eigenvalue weighted by molar-refractivity contribution is -0.195. The molecule has 0 aromatic rings. The number of carbonyl (C=O) groups is 1. The Bertz CT molecular complexity index is 248. The summed E-state index contributed by atoms with van der Waals surface area (Å²) in [5, 5.41) is 0. The molecule has 0 aliphatic carbocycles. The summed E-state index contributed by atoms with van der Waals surface area (Å²) in [6.45, 7) is 9.12. The Morgan fingerprint density at radius 3 is 2.47 bits per heavy atom. The molecule has 0 saturated carbocycles. The summed E-state index contributed by atoms with van der Waals surface area (Å²) >= 11 is 0. The number of nitrogens with zero attached hydrogens (tertiary/aromatic N) is 1. The van der Waals surface area contributed by atoms with Crippen molar-refractivity contribution in [2.24, 2.45) is 0 Å². The van der Waals surface area contributed by atoms with Gasteiger partial charge in [-0.3, -0.25) is 4.79 Å². The van der Waals surface area contributed by atoms with Gasteiger partial charge in [0.05, 0.1) is 13.2 Å². The van der Waals surface area contributed by atoms with Crippen LogP contribution >= 0.6 is 0 Å². The third-order valence-electron chi connectivity index (χ3n) is 3.16. The lowest BCUT2D eigenvalue weighted by Crippen LogP contribution is -2.46. The third kappa shape index (κ3) is 5.47. The summed E-state index contributed by atoms with van der Waals surface area (Å²) in [6, 6.07) is 0. The molecule has 0 aromatic carbocycles. The molecule has 5 nitrogen and oxygen atoms in total. The molecule has 2 aliphatic rings. The zero-order valence-electron chi connectivity index (χ0n) is 12.4. The highest BCUT2D eigenvalue weighted by atomic mass is 16.7. The van der Waals surface area contributed by atoms with Gasteiger partial charge in [0.1, 0.15) is 6.10 Å². The van der Waals surface area contributed by atoms with Crippen molar-refractivity contribution in [1.82, 2.24) is 4.90 Å². The lowest BCUT2D eigenvalue weighted by Gasteiger charge is -2.31. The summed E-state index contributed by atoms with van der Waals surface area (Å²) in [5.74, 6) is 0.0440. The zero-order valence-corrected chi connectivity index (χ0v) is 12.4. The van der Waals surface area contributed by atoms with Crippen LogP contribution in [0.5, 0.6) is 0 Å². The molecule has 112 valence electrons. The van der Waals surface area contributed by atoms with Crippen LogP contribution in [0.3, 0.4) is 0 Å². The molecule has 0 N–H and O–H groups in total.